The molecule has 0 spiro atoms. The van der Waals surface area contributed by atoms with Crippen LogP contribution in [0.1, 0.15) is 37.6 Å². The van der Waals surface area contributed by atoms with Crippen LogP contribution in [-0.4, -0.2) is 26.5 Å². The van der Waals surface area contributed by atoms with Crippen molar-refractivity contribution in [2.75, 3.05) is 0 Å². The Kier molecular flexibility index (Phi) is 4.50. The van der Waals surface area contributed by atoms with Crippen molar-refractivity contribution in [3.8, 4) is 5.82 Å². The lowest BCUT2D eigenvalue weighted by Gasteiger charge is -2.20. The lowest BCUT2D eigenvalue weighted by Crippen LogP contribution is -2.38. The number of amides is 1. The molecular formula is C15H20N4O. The molecule has 106 valence electrons. The van der Waals surface area contributed by atoms with Gasteiger partial charge < -0.3 is 5.32 Å². The number of nitrogens with one attached hydrogen (secondary N) is 1. The molecule has 1 N–H and O–H groups in total. The minimum Gasteiger partial charge on any atom is -0.349 e. The molecule has 20 heavy (non-hydrogen) atoms. The second kappa shape index (κ2) is 6.32. The van der Waals surface area contributed by atoms with Crippen molar-refractivity contribution in [2.45, 2.75) is 33.2 Å². The van der Waals surface area contributed by atoms with Gasteiger partial charge in [0.05, 0.1) is 0 Å². The molecule has 0 aliphatic heterocycles. The summed E-state index contributed by atoms with van der Waals surface area (Å²) in [7, 11) is 0. The van der Waals surface area contributed by atoms with Crippen LogP contribution in [0, 0.1) is 5.92 Å². The van der Waals surface area contributed by atoms with Crippen LogP contribution in [0.25, 0.3) is 5.82 Å². The molecule has 0 aromatic carbocycles. The molecule has 0 radical (unpaired) electrons. The van der Waals surface area contributed by atoms with E-state index in [4.69, 9.17) is 0 Å². The monoisotopic (exact) mass is 272 g/mol. The number of carbonyl (C=O) groups is 1. The van der Waals surface area contributed by atoms with E-state index in [0.717, 1.165) is 6.42 Å². The van der Waals surface area contributed by atoms with Crippen molar-refractivity contribution >= 4 is 5.91 Å². The van der Waals surface area contributed by atoms with E-state index < -0.39 is 0 Å². The fourth-order valence-electron chi connectivity index (χ4n) is 2.09. The lowest BCUT2D eigenvalue weighted by atomic mass is 10.0. The molecule has 0 aliphatic rings. The van der Waals surface area contributed by atoms with E-state index in [1.54, 1.807) is 41.6 Å². The quantitative estimate of drug-likeness (QED) is 0.909. The predicted octanol–water partition coefficient (Wildman–Crippen LogP) is 2.43. The van der Waals surface area contributed by atoms with Crippen LogP contribution in [0.4, 0.5) is 0 Å². The van der Waals surface area contributed by atoms with Gasteiger partial charge in [-0.05, 0) is 24.5 Å². The fourth-order valence-corrected chi connectivity index (χ4v) is 2.09. The Bertz CT molecular complexity index is 563. The normalized spacial score (nSPS) is 12.4. The van der Waals surface area contributed by atoms with Crippen LogP contribution in [0.5, 0.6) is 0 Å². The number of carbonyl (C=O) groups excluding carboxylic acids is 1. The van der Waals surface area contributed by atoms with E-state index in [1.165, 1.54) is 0 Å². The van der Waals surface area contributed by atoms with E-state index in [0.29, 0.717) is 17.3 Å². The van der Waals surface area contributed by atoms with E-state index >= 15 is 0 Å². The molecule has 0 bridgehead atoms. The standard InChI is InChI=1S/C15H20N4O/c1-4-13(11(2)3)18-15(20)12-5-6-17-14(9-12)19-8-7-16-10-19/h5-11,13H,4H2,1-3H3,(H,18,20). The summed E-state index contributed by atoms with van der Waals surface area (Å²) in [5.74, 6) is 1.04. The summed E-state index contributed by atoms with van der Waals surface area (Å²) in [5.41, 5.74) is 0.614. The second-order valence-electron chi connectivity index (χ2n) is 5.10. The van der Waals surface area contributed by atoms with Crippen molar-refractivity contribution in [3.63, 3.8) is 0 Å². The maximum Gasteiger partial charge on any atom is 0.251 e. The van der Waals surface area contributed by atoms with Crippen LogP contribution < -0.4 is 5.32 Å². The number of imidazole rings is 1. The summed E-state index contributed by atoms with van der Waals surface area (Å²) >= 11 is 0. The smallest absolute Gasteiger partial charge is 0.251 e. The largest absolute Gasteiger partial charge is 0.349 e. The van der Waals surface area contributed by atoms with Gasteiger partial charge in [0, 0.05) is 30.2 Å². The van der Waals surface area contributed by atoms with Gasteiger partial charge in [0.2, 0.25) is 0 Å². The molecule has 2 heterocycles. The Balaban J connectivity index is 2.17. The molecule has 0 fully saturated rings. The summed E-state index contributed by atoms with van der Waals surface area (Å²) in [4.78, 5) is 20.5. The van der Waals surface area contributed by atoms with Crippen LogP contribution in [0.15, 0.2) is 37.1 Å². The Morgan fingerprint density at radius 2 is 2.20 bits per heavy atom. The Labute approximate surface area is 119 Å². The molecule has 5 heteroatoms. The molecular weight excluding hydrogens is 252 g/mol. The lowest BCUT2D eigenvalue weighted by molar-refractivity contribution is 0.0924. The van der Waals surface area contributed by atoms with Gasteiger partial charge in [-0.3, -0.25) is 9.36 Å². The third kappa shape index (κ3) is 3.23. The van der Waals surface area contributed by atoms with Gasteiger partial charge in [-0.2, -0.15) is 0 Å². The van der Waals surface area contributed by atoms with Gasteiger partial charge in [-0.15, -0.1) is 0 Å². The van der Waals surface area contributed by atoms with E-state index in [1.807, 2.05) is 0 Å². The molecule has 1 amide bonds. The van der Waals surface area contributed by atoms with Crippen molar-refractivity contribution in [3.05, 3.63) is 42.6 Å². The molecule has 1 atom stereocenters. The number of hydrogen-bond donors (Lipinski definition) is 1. The van der Waals surface area contributed by atoms with E-state index in [2.05, 4.69) is 36.1 Å². The first-order valence-corrected chi connectivity index (χ1v) is 6.87. The highest BCUT2D eigenvalue weighted by Crippen LogP contribution is 2.10. The first-order valence-electron chi connectivity index (χ1n) is 6.87. The molecule has 5 nitrogen and oxygen atoms in total. The molecule has 2 rings (SSSR count). The average molecular weight is 272 g/mol. The highest BCUT2D eigenvalue weighted by molar-refractivity contribution is 5.94. The summed E-state index contributed by atoms with van der Waals surface area (Å²) in [6, 6.07) is 3.68. The summed E-state index contributed by atoms with van der Waals surface area (Å²) in [6.07, 6.45) is 7.70. The van der Waals surface area contributed by atoms with Crippen molar-refractivity contribution in [2.24, 2.45) is 5.92 Å². The number of pyridine rings is 1. The first-order chi connectivity index (χ1) is 9.61. The fraction of sp³-hybridized carbons (Fsp3) is 0.400. The maximum atomic E-state index is 12.3. The van der Waals surface area contributed by atoms with Crippen molar-refractivity contribution in [1.29, 1.82) is 0 Å². The van der Waals surface area contributed by atoms with E-state index in [-0.39, 0.29) is 11.9 Å². The minimum absolute atomic E-state index is 0.0608. The highest BCUT2D eigenvalue weighted by atomic mass is 16.1. The molecule has 0 aliphatic carbocycles. The zero-order valence-electron chi connectivity index (χ0n) is 12.1. The van der Waals surface area contributed by atoms with Crippen LogP contribution in [-0.2, 0) is 0 Å². The van der Waals surface area contributed by atoms with Crippen LogP contribution >= 0.6 is 0 Å². The van der Waals surface area contributed by atoms with Gasteiger partial charge in [0.25, 0.3) is 5.91 Å². The number of aromatic nitrogens is 3. The Hall–Kier alpha value is -2.17. The minimum atomic E-state index is -0.0608. The second-order valence-corrected chi connectivity index (χ2v) is 5.10. The van der Waals surface area contributed by atoms with Gasteiger partial charge >= 0.3 is 0 Å². The summed E-state index contributed by atoms with van der Waals surface area (Å²) in [6.45, 7) is 6.30. The third-order valence-electron chi connectivity index (χ3n) is 3.34. The van der Waals surface area contributed by atoms with Crippen molar-refractivity contribution in [1.82, 2.24) is 19.9 Å². The number of hydrogen-bond acceptors (Lipinski definition) is 3. The van der Waals surface area contributed by atoms with Crippen LogP contribution in [0.3, 0.4) is 0 Å². The van der Waals surface area contributed by atoms with E-state index in [9.17, 15) is 4.79 Å². The van der Waals surface area contributed by atoms with Crippen LogP contribution in [0.2, 0.25) is 0 Å². The zero-order chi connectivity index (χ0) is 14.5. The van der Waals surface area contributed by atoms with Gasteiger partial charge in [0.15, 0.2) is 0 Å². The topological polar surface area (TPSA) is 59.8 Å². The average Bonchev–Trinajstić information content (AvgIpc) is 2.98. The molecule has 0 saturated carbocycles. The first kappa shape index (κ1) is 14.2. The van der Waals surface area contributed by atoms with Gasteiger partial charge in [0.1, 0.15) is 12.1 Å². The SMILES string of the molecule is CCC(NC(=O)c1ccnc(-n2ccnc2)c1)C(C)C. The highest BCUT2D eigenvalue weighted by Gasteiger charge is 2.15. The van der Waals surface area contributed by atoms with Gasteiger partial charge in [-0.1, -0.05) is 20.8 Å². The zero-order valence-corrected chi connectivity index (χ0v) is 12.1. The summed E-state index contributed by atoms with van der Waals surface area (Å²) < 4.78 is 1.77. The van der Waals surface area contributed by atoms with Crippen molar-refractivity contribution < 1.29 is 4.79 Å². The van der Waals surface area contributed by atoms with Gasteiger partial charge in [-0.25, -0.2) is 9.97 Å². The third-order valence-corrected chi connectivity index (χ3v) is 3.34. The molecule has 2 aromatic rings. The maximum absolute atomic E-state index is 12.3. The predicted molar refractivity (Wildman–Crippen MR) is 77.7 cm³/mol. The molecule has 0 saturated heterocycles. The molecule has 2 aromatic heterocycles. The molecule has 1 unspecified atom stereocenters. The Morgan fingerprint density at radius 3 is 2.80 bits per heavy atom. The Morgan fingerprint density at radius 1 is 1.40 bits per heavy atom. The number of nitrogens with zero attached hydrogens (tertiary/aromatic N) is 3. The number of rotatable bonds is 5. The summed E-state index contributed by atoms with van der Waals surface area (Å²) in [5, 5.41) is 3.06.